The summed E-state index contributed by atoms with van der Waals surface area (Å²) in [6, 6.07) is 25.4. The van der Waals surface area contributed by atoms with Crippen LogP contribution in [-0.2, 0) is 6.54 Å². The Kier molecular flexibility index (Phi) is 4.37. The number of piperazine rings is 1. The molecule has 0 N–H and O–H groups in total. The first-order valence-corrected chi connectivity index (χ1v) is 8.78. The number of hydrogen-bond acceptors (Lipinski definition) is 3. The molecule has 0 aromatic heterocycles. The van der Waals surface area contributed by atoms with Crippen molar-refractivity contribution < 1.29 is 0 Å². The van der Waals surface area contributed by atoms with Gasteiger partial charge in [-0.1, -0.05) is 54.6 Å². The maximum atomic E-state index is 9.31. The zero-order valence-electron chi connectivity index (χ0n) is 14.2. The normalized spacial score (nSPS) is 15.2. The van der Waals surface area contributed by atoms with Gasteiger partial charge in [-0.3, -0.25) is 4.90 Å². The molecule has 124 valence electrons. The number of fused-ring (bicyclic) bond motifs is 1. The van der Waals surface area contributed by atoms with E-state index in [4.69, 9.17) is 0 Å². The second-order valence-electron chi connectivity index (χ2n) is 6.53. The van der Waals surface area contributed by atoms with Crippen LogP contribution in [0.1, 0.15) is 11.1 Å². The molecule has 3 aromatic rings. The predicted octanol–water partition coefficient (Wildman–Crippen LogP) is 4.03. The van der Waals surface area contributed by atoms with Crippen molar-refractivity contribution in [2.45, 2.75) is 6.54 Å². The Hall–Kier alpha value is -2.83. The fraction of sp³-hybridized carbons (Fsp3) is 0.227. The lowest BCUT2D eigenvalue weighted by Crippen LogP contribution is -2.46. The summed E-state index contributed by atoms with van der Waals surface area (Å²) in [5.41, 5.74) is 3.23. The second kappa shape index (κ2) is 6.96. The monoisotopic (exact) mass is 327 g/mol. The van der Waals surface area contributed by atoms with E-state index in [2.05, 4.69) is 64.4 Å². The molecule has 0 bridgehead atoms. The van der Waals surface area contributed by atoms with Crippen LogP contribution >= 0.6 is 0 Å². The summed E-state index contributed by atoms with van der Waals surface area (Å²) in [5, 5.41) is 12.0. The Morgan fingerprint density at radius 2 is 1.52 bits per heavy atom. The van der Waals surface area contributed by atoms with E-state index >= 15 is 0 Å². The van der Waals surface area contributed by atoms with Crippen LogP contribution in [0.2, 0.25) is 0 Å². The van der Waals surface area contributed by atoms with Gasteiger partial charge in [0.25, 0.3) is 0 Å². The quantitative estimate of drug-likeness (QED) is 0.727. The van der Waals surface area contributed by atoms with Crippen LogP contribution < -0.4 is 4.90 Å². The van der Waals surface area contributed by atoms with E-state index in [1.54, 1.807) is 0 Å². The van der Waals surface area contributed by atoms with E-state index in [-0.39, 0.29) is 0 Å². The van der Waals surface area contributed by atoms with Gasteiger partial charge in [0.2, 0.25) is 0 Å². The number of anilines is 1. The maximum absolute atomic E-state index is 9.31. The fourth-order valence-corrected chi connectivity index (χ4v) is 3.66. The van der Waals surface area contributed by atoms with Crippen LogP contribution in [-0.4, -0.2) is 31.1 Å². The number of para-hydroxylation sites is 1. The molecule has 1 saturated heterocycles. The molecule has 3 nitrogen and oxygen atoms in total. The van der Waals surface area contributed by atoms with Gasteiger partial charge < -0.3 is 4.90 Å². The summed E-state index contributed by atoms with van der Waals surface area (Å²) in [6.45, 7) is 4.94. The molecule has 3 heteroatoms. The molecule has 1 heterocycles. The van der Waals surface area contributed by atoms with Crippen molar-refractivity contribution in [2.24, 2.45) is 0 Å². The molecule has 0 radical (unpaired) electrons. The Labute approximate surface area is 148 Å². The minimum atomic E-state index is 0.769. The Morgan fingerprint density at radius 1 is 0.800 bits per heavy atom. The molecule has 1 aliphatic rings. The smallest absolute Gasteiger partial charge is 0.101 e. The summed E-state index contributed by atoms with van der Waals surface area (Å²) in [5.74, 6) is 0. The van der Waals surface area contributed by atoms with Crippen molar-refractivity contribution in [3.05, 3.63) is 77.9 Å². The molecule has 0 spiro atoms. The minimum Gasteiger partial charge on any atom is -0.368 e. The van der Waals surface area contributed by atoms with E-state index in [9.17, 15) is 5.26 Å². The van der Waals surface area contributed by atoms with Gasteiger partial charge in [-0.15, -0.1) is 0 Å². The third-order valence-electron chi connectivity index (χ3n) is 5.01. The number of hydrogen-bond donors (Lipinski definition) is 0. The molecule has 0 amide bonds. The average molecular weight is 327 g/mol. The molecule has 1 fully saturated rings. The molecule has 3 aromatic carbocycles. The van der Waals surface area contributed by atoms with Gasteiger partial charge >= 0.3 is 0 Å². The zero-order chi connectivity index (χ0) is 17.1. The molecule has 0 saturated carbocycles. The van der Waals surface area contributed by atoms with Crippen LogP contribution in [0.3, 0.4) is 0 Å². The molecular formula is C22H21N3. The zero-order valence-corrected chi connectivity index (χ0v) is 14.2. The summed E-state index contributed by atoms with van der Waals surface area (Å²) >= 11 is 0. The molecule has 0 unspecified atom stereocenters. The van der Waals surface area contributed by atoms with Crippen molar-refractivity contribution in [2.75, 3.05) is 31.1 Å². The highest BCUT2D eigenvalue weighted by Gasteiger charge is 2.19. The lowest BCUT2D eigenvalue weighted by molar-refractivity contribution is 0.250. The number of rotatable bonds is 3. The first-order valence-electron chi connectivity index (χ1n) is 8.78. The maximum Gasteiger partial charge on any atom is 0.101 e. The topological polar surface area (TPSA) is 30.3 Å². The Balaban J connectivity index is 1.46. The van der Waals surface area contributed by atoms with Gasteiger partial charge in [-0.05, 0) is 28.5 Å². The average Bonchev–Trinajstić information content (AvgIpc) is 2.69. The van der Waals surface area contributed by atoms with Crippen LogP contribution in [0.15, 0.2) is 66.7 Å². The van der Waals surface area contributed by atoms with E-state index in [0.717, 1.165) is 44.0 Å². The SMILES string of the molecule is N#Cc1ccccc1N1CCN(Cc2cccc3ccccc23)CC1. The third kappa shape index (κ3) is 3.22. The molecule has 0 aliphatic carbocycles. The highest BCUT2D eigenvalue weighted by molar-refractivity contribution is 5.85. The number of nitriles is 1. The summed E-state index contributed by atoms with van der Waals surface area (Å²) in [6.07, 6.45) is 0. The van der Waals surface area contributed by atoms with Crippen molar-refractivity contribution in [3.63, 3.8) is 0 Å². The van der Waals surface area contributed by atoms with Crippen LogP contribution in [0.5, 0.6) is 0 Å². The largest absolute Gasteiger partial charge is 0.368 e. The van der Waals surface area contributed by atoms with Crippen molar-refractivity contribution in [1.29, 1.82) is 5.26 Å². The predicted molar refractivity (Wildman–Crippen MR) is 103 cm³/mol. The standard InChI is InChI=1S/C22H21N3/c23-16-19-7-2-4-11-22(19)25-14-12-24(13-15-25)17-20-9-5-8-18-6-1-3-10-21(18)20/h1-11H,12-15,17H2. The van der Waals surface area contributed by atoms with E-state index in [1.807, 2.05) is 18.2 Å². The van der Waals surface area contributed by atoms with Crippen LogP contribution in [0.25, 0.3) is 10.8 Å². The highest BCUT2D eigenvalue weighted by Crippen LogP contribution is 2.23. The van der Waals surface area contributed by atoms with Crippen LogP contribution in [0.4, 0.5) is 5.69 Å². The van der Waals surface area contributed by atoms with E-state index in [0.29, 0.717) is 0 Å². The summed E-state index contributed by atoms with van der Waals surface area (Å²) < 4.78 is 0. The number of nitrogens with zero attached hydrogens (tertiary/aromatic N) is 3. The lowest BCUT2D eigenvalue weighted by Gasteiger charge is -2.36. The Bertz CT molecular complexity index is 912. The van der Waals surface area contributed by atoms with Gasteiger partial charge in [-0.2, -0.15) is 5.26 Å². The number of benzene rings is 3. The highest BCUT2D eigenvalue weighted by atomic mass is 15.3. The third-order valence-corrected chi connectivity index (χ3v) is 5.01. The molecule has 4 rings (SSSR count). The first kappa shape index (κ1) is 15.7. The molecular weight excluding hydrogens is 306 g/mol. The molecule has 1 aliphatic heterocycles. The summed E-state index contributed by atoms with van der Waals surface area (Å²) in [4.78, 5) is 4.84. The van der Waals surface area contributed by atoms with Crippen LogP contribution in [0, 0.1) is 11.3 Å². The van der Waals surface area contributed by atoms with Gasteiger partial charge in [0.1, 0.15) is 6.07 Å². The van der Waals surface area contributed by atoms with Gasteiger partial charge in [0.05, 0.1) is 11.3 Å². The molecule has 25 heavy (non-hydrogen) atoms. The van der Waals surface area contributed by atoms with Gasteiger partial charge in [0.15, 0.2) is 0 Å². The molecule has 0 atom stereocenters. The van der Waals surface area contributed by atoms with E-state index in [1.165, 1.54) is 16.3 Å². The fourth-order valence-electron chi connectivity index (χ4n) is 3.66. The lowest BCUT2D eigenvalue weighted by atomic mass is 10.0. The first-order chi connectivity index (χ1) is 12.3. The van der Waals surface area contributed by atoms with Crippen molar-refractivity contribution in [3.8, 4) is 6.07 Å². The van der Waals surface area contributed by atoms with Gasteiger partial charge in [-0.25, -0.2) is 0 Å². The second-order valence-corrected chi connectivity index (χ2v) is 6.53. The minimum absolute atomic E-state index is 0.769. The van der Waals surface area contributed by atoms with E-state index < -0.39 is 0 Å². The summed E-state index contributed by atoms with van der Waals surface area (Å²) in [7, 11) is 0. The van der Waals surface area contributed by atoms with Gasteiger partial charge in [0, 0.05) is 32.7 Å². The van der Waals surface area contributed by atoms with Crippen molar-refractivity contribution >= 4 is 16.5 Å². The Morgan fingerprint density at radius 3 is 2.36 bits per heavy atom. The van der Waals surface area contributed by atoms with Crippen molar-refractivity contribution in [1.82, 2.24) is 4.90 Å².